The van der Waals surface area contributed by atoms with Crippen molar-refractivity contribution in [3.05, 3.63) is 0 Å². The van der Waals surface area contributed by atoms with Gasteiger partial charge in [0.1, 0.15) is 13.2 Å². The molecule has 0 amide bonds. The van der Waals surface area contributed by atoms with E-state index in [0.29, 0.717) is 19.3 Å². The summed E-state index contributed by atoms with van der Waals surface area (Å²) in [5, 5.41) is 0. The first-order chi connectivity index (χ1) is 28.9. The van der Waals surface area contributed by atoms with Crippen LogP contribution in [0, 0.1) is 5.92 Å². The maximum Gasteiger partial charge on any atom is 0.306 e. The predicted molar refractivity (Wildman–Crippen MR) is 252 cm³/mol. The third-order valence-corrected chi connectivity index (χ3v) is 12.0. The molecule has 0 heterocycles. The number of rotatable bonds is 48. The summed E-state index contributed by atoms with van der Waals surface area (Å²) >= 11 is 0. The number of hydrogen-bond donors (Lipinski definition) is 0. The Kier molecular flexibility index (Phi) is 46.2. The molecule has 0 bridgehead atoms. The minimum absolute atomic E-state index is 0.0634. The van der Waals surface area contributed by atoms with E-state index in [-0.39, 0.29) is 31.1 Å². The number of esters is 3. The SMILES string of the molecule is CCCCCCCCCCCCCCCCCCCC(=O)OC[C@@H](COC(=O)CCCCCCCCCCCCCCCC)OC(=O)CCCCCCCCCC(C)C. The van der Waals surface area contributed by atoms with Crippen LogP contribution < -0.4 is 0 Å². The second-order valence-electron chi connectivity index (χ2n) is 18.6. The lowest BCUT2D eigenvalue weighted by molar-refractivity contribution is -0.167. The summed E-state index contributed by atoms with van der Waals surface area (Å²) < 4.78 is 16.8. The van der Waals surface area contributed by atoms with Gasteiger partial charge in [0.05, 0.1) is 0 Å². The fraction of sp³-hybridized carbons (Fsp3) is 0.943. The van der Waals surface area contributed by atoms with Crippen LogP contribution in [0.15, 0.2) is 0 Å². The van der Waals surface area contributed by atoms with E-state index in [0.717, 1.165) is 63.7 Å². The van der Waals surface area contributed by atoms with Gasteiger partial charge in [-0.05, 0) is 25.2 Å². The Labute approximate surface area is 368 Å². The largest absolute Gasteiger partial charge is 0.462 e. The molecule has 0 unspecified atom stereocenters. The molecule has 0 aromatic heterocycles. The zero-order chi connectivity index (χ0) is 43.1. The molecule has 0 aromatic carbocycles. The molecule has 0 spiro atoms. The summed E-state index contributed by atoms with van der Waals surface area (Å²) in [7, 11) is 0. The Balaban J connectivity index is 4.25. The minimum Gasteiger partial charge on any atom is -0.462 e. The van der Waals surface area contributed by atoms with Gasteiger partial charge < -0.3 is 14.2 Å². The van der Waals surface area contributed by atoms with Gasteiger partial charge in [-0.1, -0.05) is 259 Å². The Morgan fingerprint density at radius 2 is 0.559 bits per heavy atom. The van der Waals surface area contributed by atoms with Crippen LogP contribution in [-0.2, 0) is 28.6 Å². The highest BCUT2D eigenvalue weighted by atomic mass is 16.6. The number of hydrogen-bond acceptors (Lipinski definition) is 6. The zero-order valence-corrected chi connectivity index (χ0v) is 40.2. The third-order valence-electron chi connectivity index (χ3n) is 12.0. The standard InChI is InChI=1S/C53H102O6/c1-5-7-9-11-13-15-17-19-21-22-23-25-27-29-33-37-41-45-52(55)58-48-50(59-53(56)46-42-38-34-30-31-35-39-43-49(3)4)47-57-51(54)44-40-36-32-28-26-24-20-18-16-14-12-10-8-6-2/h49-50H,5-48H2,1-4H3/t50-/m1/s1. The number of unbranched alkanes of at least 4 members (excludes halogenated alkanes) is 35. The molecular weight excluding hydrogens is 733 g/mol. The van der Waals surface area contributed by atoms with Crippen LogP contribution in [0.1, 0.15) is 297 Å². The molecule has 0 fully saturated rings. The van der Waals surface area contributed by atoms with Crippen molar-refractivity contribution in [2.75, 3.05) is 13.2 Å². The number of ether oxygens (including phenoxy) is 3. The summed E-state index contributed by atoms with van der Waals surface area (Å²) in [5.74, 6) is -0.0687. The molecule has 0 aliphatic rings. The molecule has 0 radical (unpaired) electrons. The maximum atomic E-state index is 12.7. The lowest BCUT2D eigenvalue weighted by atomic mass is 10.0. The highest BCUT2D eigenvalue weighted by Gasteiger charge is 2.19. The van der Waals surface area contributed by atoms with Crippen LogP contribution in [0.4, 0.5) is 0 Å². The van der Waals surface area contributed by atoms with Crippen molar-refractivity contribution in [1.82, 2.24) is 0 Å². The smallest absolute Gasteiger partial charge is 0.306 e. The van der Waals surface area contributed by atoms with Crippen molar-refractivity contribution in [2.24, 2.45) is 5.92 Å². The van der Waals surface area contributed by atoms with Crippen LogP contribution >= 0.6 is 0 Å². The Morgan fingerprint density at radius 3 is 0.831 bits per heavy atom. The van der Waals surface area contributed by atoms with Crippen LogP contribution in [0.25, 0.3) is 0 Å². The monoisotopic (exact) mass is 835 g/mol. The van der Waals surface area contributed by atoms with Crippen molar-refractivity contribution in [1.29, 1.82) is 0 Å². The topological polar surface area (TPSA) is 78.9 Å². The second-order valence-corrected chi connectivity index (χ2v) is 18.6. The summed E-state index contributed by atoms with van der Waals surface area (Å²) in [6.45, 7) is 8.98. The zero-order valence-electron chi connectivity index (χ0n) is 40.2. The number of carbonyl (C=O) groups is 3. The molecule has 0 aliphatic heterocycles. The van der Waals surface area contributed by atoms with Crippen molar-refractivity contribution >= 4 is 17.9 Å². The van der Waals surface area contributed by atoms with E-state index < -0.39 is 6.10 Å². The second kappa shape index (κ2) is 47.5. The summed E-state index contributed by atoms with van der Waals surface area (Å²) in [5.41, 5.74) is 0. The molecule has 6 nitrogen and oxygen atoms in total. The van der Waals surface area contributed by atoms with Gasteiger partial charge in [0, 0.05) is 19.3 Å². The molecule has 0 saturated carbocycles. The highest BCUT2D eigenvalue weighted by Crippen LogP contribution is 2.17. The molecule has 0 aromatic rings. The van der Waals surface area contributed by atoms with Gasteiger partial charge in [-0.15, -0.1) is 0 Å². The minimum atomic E-state index is -0.761. The fourth-order valence-electron chi connectivity index (χ4n) is 8.04. The van der Waals surface area contributed by atoms with Gasteiger partial charge >= 0.3 is 17.9 Å². The van der Waals surface area contributed by atoms with E-state index in [9.17, 15) is 14.4 Å². The quantitative estimate of drug-likeness (QED) is 0.0345. The van der Waals surface area contributed by atoms with Gasteiger partial charge in [-0.3, -0.25) is 14.4 Å². The van der Waals surface area contributed by atoms with E-state index in [1.807, 2.05) is 0 Å². The van der Waals surface area contributed by atoms with Crippen LogP contribution in [0.3, 0.4) is 0 Å². The van der Waals surface area contributed by atoms with Crippen LogP contribution in [0.2, 0.25) is 0 Å². The van der Waals surface area contributed by atoms with E-state index >= 15 is 0 Å². The molecule has 0 saturated heterocycles. The molecule has 0 aliphatic carbocycles. The van der Waals surface area contributed by atoms with E-state index in [1.54, 1.807) is 0 Å². The van der Waals surface area contributed by atoms with Gasteiger partial charge in [-0.25, -0.2) is 0 Å². The van der Waals surface area contributed by atoms with E-state index in [4.69, 9.17) is 14.2 Å². The molecule has 350 valence electrons. The Bertz CT molecular complexity index is 887. The lowest BCUT2D eigenvalue weighted by Gasteiger charge is -2.18. The fourth-order valence-corrected chi connectivity index (χ4v) is 8.04. The molecule has 0 rings (SSSR count). The Hall–Kier alpha value is -1.59. The van der Waals surface area contributed by atoms with Gasteiger partial charge in [0.25, 0.3) is 0 Å². The molecular formula is C53H102O6. The van der Waals surface area contributed by atoms with Gasteiger partial charge in [0.2, 0.25) is 0 Å². The molecule has 6 heteroatoms. The number of carbonyl (C=O) groups excluding carboxylic acids is 3. The van der Waals surface area contributed by atoms with Crippen molar-refractivity contribution < 1.29 is 28.6 Å². The van der Waals surface area contributed by atoms with Crippen molar-refractivity contribution in [2.45, 2.75) is 303 Å². The Morgan fingerprint density at radius 1 is 0.322 bits per heavy atom. The summed E-state index contributed by atoms with van der Waals surface area (Å²) in [6, 6.07) is 0. The van der Waals surface area contributed by atoms with Gasteiger partial charge in [-0.2, -0.15) is 0 Å². The maximum absolute atomic E-state index is 12.7. The predicted octanol–water partition coefficient (Wildman–Crippen LogP) is 17.1. The van der Waals surface area contributed by atoms with Crippen molar-refractivity contribution in [3.8, 4) is 0 Å². The van der Waals surface area contributed by atoms with Gasteiger partial charge in [0.15, 0.2) is 6.10 Å². The third kappa shape index (κ3) is 47.3. The summed E-state index contributed by atoms with van der Waals surface area (Å²) in [6.07, 6.45) is 49.5. The molecule has 59 heavy (non-hydrogen) atoms. The van der Waals surface area contributed by atoms with E-state index in [2.05, 4.69) is 27.7 Å². The van der Waals surface area contributed by atoms with Crippen LogP contribution in [0.5, 0.6) is 0 Å². The molecule has 0 N–H and O–H groups in total. The lowest BCUT2D eigenvalue weighted by Crippen LogP contribution is -2.30. The van der Waals surface area contributed by atoms with E-state index in [1.165, 1.54) is 193 Å². The average molecular weight is 835 g/mol. The average Bonchev–Trinajstić information content (AvgIpc) is 3.22. The van der Waals surface area contributed by atoms with Crippen LogP contribution in [-0.4, -0.2) is 37.2 Å². The normalized spacial score (nSPS) is 11.9. The summed E-state index contributed by atoms with van der Waals surface area (Å²) in [4.78, 5) is 37.9. The molecule has 1 atom stereocenters. The van der Waals surface area contributed by atoms with Crippen molar-refractivity contribution in [3.63, 3.8) is 0 Å². The first-order valence-electron chi connectivity index (χ1n) is 26.4. The first kappa shape index (κ1) is 57.4. The highest BCUT2D eigenvalue weighted by molar-refractivity contribution is 5.71. The first-order valence-corrected chi connectivity index (χ1v) is 26.4.